The van der Waals surface area contributed by atoms with Crippen LogP contribution in [0, 0.1) is 74.0 Å². The topological polar surface area (TPSA) is 350 Å². The van der Waals surface area contributed by atoms with Crippen molar-refractivity contribution in [3.63, 3.8) is 0 Å². The number of aromatic amines is 1. The van der Waals surface area contributed by atoms with E-state index >= 15 is 0 Å². The van der Waals surface area contributed by atoms with Crippen LogP contribution in [0.4, 0.5) is 0 Å². The number of thioether (sulfide) groups is 1. The molecule has 8 aromatic carbocycles. The molecule has 0 spiro atoms. The summed E-state index contributed by atoms with van der Waals surface area (Å²) in [6.07, 6.45) is 1.81. The molecule has 0 aliphatic heterocycles. The first kappa shape index (κ1) is 75.4. The van der Waals surface area contributed by atoms with E-state index in [-0.39, 0.29) is 22.8 Å². The highest BCUT2D eigenvalue weighted by molar-refractivity contribution is 7.99. The van der Waals surface area contributed by atoms with Gasteiger partial charge in [0, 0.05) is 50.8 Å². The molecule has 26 heteroatoms. The van der Waals surface area contributed by atoms with E-state index in [2.05, 4.69) is 51.4 Å². The van der Waals surface area contributed by atoms with E-state index in [0.29, 0.717) is 95.3 Å². The highest BCUT2D eigenvalue weighted by Gasteiger charge is 2.26. The summed E-state index contributed by atoms with van der Waals surface area (Å²) in [6.45, 7) is 23.7. The second kappa shape index (κ2) is 31.9. The Labute approximate surface area is 647 Å². The molecule has 0 bridgehead atoms. The van der Waals surface area contributed by atoms with Crippen molar-refractivity contribution in [2.75, 3.05) is 5.75 Å². The van der Waals surface area contributed by atoms with Crippen LogP contribution in [0.2, 0.25) is 0 Å². The molecule has 16 rings (SSSR count). The number of aromatic nitrogens is 16. The van der Waals surface area contributed by atoms with E-state index in [4.69, 9.17) is 50.1 Å². The Hall–Kier alpha value is -13.9. The van der Waals surface area contributed by atoms with E-state index in [1.807, 2.05) is 283 Å². The number of hydrogen-bond donors (Lipinski definition) is 5. The number of aryl methyl sites for hydroxylation is 10. The number of primary amides is 4. The zero-order valence-corrected chi connectivity index (χ0v) is 64.1. The number of carbonyl (C=O) groups is 4. The van der Waals surface area contributed by atoms with Crippen LogP contribution < -0.4 is 22.9 Å². The van der Waals surface area contributed by atoms with Crippen LogP contribution >= 0.6 is 24.0 Å². The average Bonchev–Trinajstić information content (AvgIpc) is 1.64. The maximum atomic E-state index is 12.2. The summed E-state index contributed by atoms with van der Waals surface area (Å²) in [5.41, 5.74) is 42.7. The van der Waals surface area contributed by atoms with Gasteiger partial charge in [0.1, 0.15) is 33.7 Å². The maximum absolute atomic E-state index is 12.2. The van der Waals surface area contributed by atoms with Crippen molar-refractivity contribution in [1.29, 1.82) is 0 Å². The smallest absolute Gasteiger partial charge is 0.269 e. The van der Waals surface area contributed by atoms with E-state index < -0.39 is 23.6 Å². The van der Waals surface area contributed by atoms with Crippen LogP contribution in [-0.2, 0) is 0 Å². The van der Waals surface area contributed by atoms with Gasteiger partial charge in [-0.25, -0.2) is 54.8 Å². The van der Waals surface area contributed by atoms with Gasteiger partial charge in [0.15, 0.2) is 78.6 Å². The lowest BCUT2D eigenvalue weighted by molar-refractivity contribution is 0.0988. The number of rotatable bonds is 15. The average molecular weight is 1510 g/mol. The number of carbonyl (C=O) groups excluding carboxylic acids is 4. The summed E-state index contributed by atoms with van der Waals surface area (Å²) >= 11 is 6.99. The van der Waals surface area contributed by atoms with E-state index in [9.17, 15) is 19.2 Å². The van der Waals surface area contributed by atoms with Gasteiger partial charge in [0.05, 0.1) is 0 Å². The normalized spacial score (nSPS) is 11.0. The predicted octanol–water partition coefficient (Wildman–Crippen LogP) is 15.4. The number of nitrogens with two attached hydrogens (primary N) is 4. The molecule has 0 unspecified atom stereocenters. The van der Waals surface area contributed by atoms with Crippen molar-refractivity contribution in [3.05, 3.63) is 290 Å². The van der Waals surface area contributed by atoms with Gasteiger partial charge in [-0.05, 0) is 130 Å². The number of H-pyrrole nitrogens is 1. The lowest BCUT2D eigenvalue weighted by Crippen LogP contribution is -2.15. The van der Waals surface area contributed by atoms with Gasteiger partial charge in [-0.15, -0.1) is 6.58 Å². The fourth-order valence-corrected chi connectivity index (χ4v) is 13.2. The SMILES string of the molecule is C=CCSc1nc2c(C(N)=O)nc(-c3ccc(C)cc3)nc2n1-c1ccc(C)cc1.Cc1ccc(-c2nc(C(N)=O)c3[nH]c(=S)n(-c4ccc(C)cc4)c3n2)cc1.Cc1ccc(-c2nc(C(N)=O)c3nc(C)n(-c4ccc(C)cc4)c3n2)cc1.Cc1ccc(-c2nc(C(N)=O)c3nc(C)n(-c4ccc(C)cc4)c3n2)cc1. The monoisotopic (exact) mass is 1500 g/mol. The first-order valence-electron chi connectivity index (χ1n) is 35.2. The Balaban J connectivity index is 0.000000130. The van der Waals surface area contributed by atoms with Crippen molar-refractivity contribution in [2.24, 2.45) is 22.9 Å². The summed E-state index contributed by atoms with van der Waals surface area (Å²) in [6, 6.07) is 63.3. The molecule has 0 aliphatic carbocycles. The number of hydrogen-bond acceptors (Lipinski definition) is 17. The van der Waals surface area contributed by atoms with Crippen LogP contribution in [0.3, 0.4) is 0 Å². The number of benzene rings is 8. The summed E-state index contributed by atoms with van der Waals surface area (Å²) in [5, 5.41) is 0.701. The Morgan fingerprint density at radius 1 is 0.342 bits per heavy atom. The van der Waals surface area contributed by atoms with E-state index in [0.717, 1.165) is 89.5 Å². The predicted molar refractivity (Wildman–Crippen MR) is 438 cm³/mol. The van der Waals surface area contributed by atoms with Gasteiger partial charge in [-0.1, -0.05) is 208 Å². The third-order valence-electron chi connectivity index (χ3n) is 18.0. The molecular formula is C85H76N20O4S2. The number of amides is 4. The lowest BCUT2D eigenvalue weighted by Gasteiger charge is -2.09. The molecular weight excluding hydrogens is 1430 g/mol. The van der Waals surface area contributed by atoms with Crippen LogP contribution in [0.1, 0.15) is 98.1 Å². The molecule has 8 aromatic heterocycles. The number of nitrogens with zero attached hydrogens (tertiary/aromatic N) is 15. The second-order valence-electron chi connectivity index (χ2n) is 26.6. The minimum atomic E-state index is -0.636. The Kier molecular flexibility index (Phi) is 21.7. The van der Waals surface area contributed by atoms with Crippen LogP contribution in [0.25, 0.3) is 113 Å². The van der Waals surface area contributed by atoms with Crippen molar-refractivity contribution < 1.29 is 19.2 Å². The zero-order chi connectivity index (χ0) is 78.6. The summed E-state index contributed by atoms with van der Waals surface area (Å²) in [7, 11) is 0. The summed E-state index contributed by atoms with van der Waals surface area (Å²) in [5.74, 6) is 1.34. The van der Waals surface area contributed by atoms with Gasteiger partial charge in [0.2, 0.25) is 0 Å². The molecule has 24 nitrogen and oxygen atoms in total. The molecule has 0 aliphatic rings. The summed E-state index contributed by atoms with van der Waals surface area (Å²) < 4.78 is 7.98. The standard InChI is InChI=1S/C23H21N5OS.2C21H19N5O.C20H17N5OS/c1-4-13-30-23-26-19-18(20(24)29)25-21(16-9-5-14(2)6-10-16)27-22(19)28(23)17-11-7-15(3)8-12-17;2*1-12-4-8-15(9-5-12)20-24-17(19(22)27)18-21(25-20)26(14(3)23-18)16-10-6-13(2)7-11-16;1-11-3-7-13(8-4-11)18-22-15(17(21)26)16-19(24-18)25(20(27)23-16)14-9-5-12(2)6-10-14/h4-12H,1,13H2,2-3H3,(H2,24,29);2*4-11H,1-3H3,(H2,22,27);3-10H,1-2H3,(H2,21,26)(H,23,27). The molecule has 552 valence electrons. The van der Waals surface area contributed by atoms with Gasteiger partial charge >= 0.3 is 0 Å². The lowest BCUT2D eigenvalue weighted by atomic mass is 10.1. The Bertz CT molecular complexity index is 6140. The highest BCUT2D eigenvalue weighted by atomic mass is 32.2. The van der Waals surface area contributed by atoms with Gasteiger partial charge in [-0.2, -0.15) is 0 Å². The highest BCUT2D eigenvalue weighted by Crippen LogP contribution is 2.33. The van der Waals surface area contributed by atoms with Crippen LogP contribution in [-0.4, -0.2) is 107 Å². The van der Waals surface area contributed by atoms with Crippen molar-refractivity contribution in [3.8, 4) is 68.3 Å². The molecule has 0 atom stereocenters. The van der Waals surface area contributed by atoms with Gasteiger partial charge in [0.25, 0.3) is 23.6 Å². The molecule has 0 saturated heterocycles. The summed E-state index contributed by atoms with van der Waals surface area (Å²) in [4.78, 5) is 102. The zero-order valence-electron chi connectivity index (χ0n) is 62.4. The van der Waals surface area contributed by atoms with Gasteiger partial charge in [-0.3, -0.25) is 37.4 Å². The minimum Gasteiger partial charge on any atom is -0.364 e. The van der Waals surface area contributed by atoms with Gasteiger partial charge < -0.3 is 27.9 Å². The molecule has 4 amide bonds. The number of nitrogens with one attached hydrogen (secondary N) is 1. The third-order valence-corrected chi connectivity index (χ3v) is 19.3. The molecule has 9 N–H and O–H groups in total. The first-order chi connectivity index (χ1) is 53.3. The van der Waals surface area contributed by atoms with Crippen LogP contribution in [0.15, 0.2) is 212 Å². The number of fused-ring (bicyclic) bond motifs is 4. The van der Waals surface area contributed by atoms with Crippen molar-refractivity contribution >= 4 is 92.3 Å². The fourth-order valence-electron chi connectivity index (χ4n) is 12.2. The molecule has 0 radical (unpaired) electrons. The molecule has 0 saturated carbocycles. The quantitative estimate of drug-likeness (QED) is 0.0361. The van der Waals surface area contributed by atoms with E-state index in [1.165, 1.54) is 11.8 Å². The second-order valence-corrected chi connectivity index (χ2v) is 28.0. The van der Waals surface area contributed by atoms with Crippen molar-refractivity contribution in [2.45, 2.75) is 74.4 Å². The largest absolute Gasteiger partial charge is 0.364 e. The van der Waals surface area contributed by atoms with Crippen LogP contribution in [0.5, 0.6) is 0 Å². The molecule has 16 aromatic rings. The number of imidazole rings is 4. The van der Waals surface area contributed by atoms with E-state index in [1.54, 1.807) is 4.57 Å². The van der Waals surface area contributed by atoms with Crippen molar-refractivity contribution in [1.82, 2.24) is 78.1 Å². The minimum absolute atomic E-state index is 0.113. The molecule has 111 heavy (non-hydrogen) atoms. The maximum Gasteiger partial charge on any atom is 0.269 e. The Morgan fingerprint density at radius 2 is 0.595 bits per heavy atom. The third kappa shape index (κ3) is 16.1. The molecule has 0 fully saturated rings. The molecule has 8 heterocycles. The fraction of sp³-hybridized carbons (Fsp3) is 0.129. The Morgan fingerprint density at radius 3 is 0.892 bits per heavy atom. The first-order valence-corrected chi connectivity index (χ1v) is 36.6.